The average Bonchev–Trinajstić information content (AvgIpc) is 3.63. The van der Waals surface area contributed by atoms with Crippen LogP contribution in [0.15, 0.2) is 53.9 Å². The molecule has 5 aliphatic rings. The lowest BCUT2D eigenvalue weighted by atomic mass is 9.43. The zero-order valence-electron chi connectivity index (χ0n) is 28.2. The largest absolute Gasteiger partial charge is 0.391 e. The number of nitrogens with one attached hydrogen (secondary N) is 1. The van der Waals surface area contributed by atoms with E-state index < -0.39 is 23.6 Å². The Labute approximate surface area is 292 Å². The first-order valence-electron chi connectivity index (χ1n) is 17.3. The molecule has 5 fully saturated rings. The van der Waals surface area contributed by atoms with Crippen molar-refractivity contribution in [3.63, 3.8) is 0 Å². The Balaban J connectivity index is 1.14. The van der Waals surface area contributed by atoms with Gasteiger partial charge in [0.25, 0.3) is 0 Å². The number of hydrogen-bond acceptors (Lipinski definition) is 6. The molecule has 256 valence electrons. The predicted octanol–water partition coefficient (Wildman–Crippen LogP) is 5.35. The second-order valence-corrected chi connectivity index (χ2v) is 17.0. The molecule has 2 aromatic carbocycles. The van der Waals surface area contributed by atoms with Gasteiger partial charge in [-0.15, -0.1) is 11.3 Å². The number of halogens is 1. The number of likely N-dealkylation sites (tertiary alicyclic amines) is 1. The van der Waals surface area contributed by atoms with Crippen LogP contribution < -0.4 is 5.32 Å². The molecule has 2 N–H and O–H groups in total. The molecule has 1 saturated heterocycles. The van der Waals surface area contributed by atoms with Gasteiger partial charge in [0, 0.05) is 49.2 Å². The van der Waals surface area contributed by atoms with Crippen LogP contribution in [0.1, 0.15) is 56.1 Å². The zero-order chi connectivity index (χ0) is 33.8. The Hall–Kier alpha value is -2.98. The number of carbonyl (C=O) groups excluding carboxylic acids is 3. The molecule has 8 rings (SSSR count). The fraction of sp³-hybridized carbons (Fsp3) is 0.553. The number of β-amino-alcohol motifs (C(OH)–C–C–N with tert-alkyl or cyclic N) is 1. The van der Waals surface area contributed by atoms with Gasteiger partial charge < -0.3 is 25.1 Å². The summed E-state index contributed by atoms with van der Waals surface area (Å²) in [5.41, 5.74) is 1.45. The Bertz CT molecular complexity index is 1690. The van der Waals surface area contributed by atoms with Gasteiger partial charge in [0.1, 0.15) is 12.1 Å². The molecule has 5 atom stereocenters. The van der Waals surface area contributed by atoms with Gasteiger partial charge >= 0.3 is 0 Å². The second-order valence-electron chi connectivity index (χ2n) is 15.7. The molecular weight excluding hydrogens is 644 g/mol. The van der Waals surface area contributed by atoms with Crippen LogP contribution >= 0.6 is 22.9 Å². The maximum absolute atomic E-state index is 14.7. The molecule has 0 spiro atoms. The molecule has 1 aromatic heterocycles. The first-order valence-corrected chi connectivity index (χ1v) is 18.6. The monoisotopic (exact) mass is 690 g/mol. The molecule has 3 amide bonds. The van der Waals surface area contributed by atoms with Gasteiger partial charge in [-0.3, -0.25) is 14.4 Å². The van der Waals surface area contributed by atoms with Crippen molar-refractivity contribution in [3.05, 3.63) is 70.1 Å². The summed E-state index contributed by atoms with van der Waals surface area (Å²) in [7, 11) is 5.96. The van der Waals surface area contributed by atoms with Crippen molar-refractivity contribution in [3.8, 4) is 0 Å². The summed E-state index contributed by atoms with van der Waals surface area (Å²) in [6, 6.07) is 13.8. The highest BCUT2D eigenvalue weighted by Gasteiger charge is 2.62. The van der Waals surface area contributed by atoms with E-state index in [4.69, 9.17) is 11.6 Å². The SMILES string of the molecule is CN(C)CC12CC3CC(C1)CC(C(=O)N1C[C@H](O)CC1C(=O)NC(Cc1csc4ccccc14)C(=O)N(C)Cc1ccccc1Cl)(C3)C2. The second kappa shape index (κ2) is 13.0. The summed E-state index contributed by atoms with van der Waals surface area (Å²) in [5.74, 6) is 0.481. The van der Waals surface area contributed by atoms with Gasteiger partial charge in [-0.2, -0.15) is 0 Å². The van der Waals surface area contributed by atoms with E-state index in [2.05, 4.69) is 35.8 Å². The lowest BCUT2D eigenvalue weighted by Crippen LogP contribution is -2.62. The maximum Gasteiger partial charge on any atom is 0.245 e. The Kier molecular flexibility index (Phi) is 9.11. The van der Waals surface area contributed by atoms with Crippen molar-refractivity contribution in [1.29, 1.82) is 0 Å². The number of hydrogen-bond donors (Lipinski definition) is 2. The number of aliphatic hydroxyl groups excluding tert-OH is 1. The minimum Gasteiger partial charge on any atom is -0.391 e. The van der Waals surface area contributed by atoms with Crippen LogP contribution in [0, 0.1) is 22.7 Å². The van der Waals surface area contributed by atoms with E-state index in [-0.39, 0.29) is 36.1 Å². The van der Waals surface area contributed by atoms with E-state index in [1.807, 2.05) is 36.4 Å². The van der Waals surface area contributed by atoms with E-state index in [1.165, 1.54) is 19.3 Å². The average molecular weight is 691 g/mol. The molecule has 1 aliphatic heterocycles. The van der Waals surface area contributed by atoms with Gasteiger partial charge in [0.15, 0.2) is 0 Å². The summed E-state index contributed by atoms with van der Waals surface area (Å²) in [6.45, 7) is 1.42. The molecule has 0 radical (unpaired) electrons. The molecule has 8 nitrogen and oxygen atoms in total. The zero-order valence-corrected chi connectivity index (χ0v) is 29.7. The highest BCUT2D eigenvalue weighted by molar-refractivity contribution is 7.17. The minimum atomic E-state index is -0.861. The third-order valence-corrected chi connectivity index (χ3v) is 12.9. The normalized spacial score (nSPS) is 29.8. The third-order valence-electron chi connectivity index (χ3n) is 11.5. The van der Waals surface area contributed by atoms with Gasteiger partial charge in [-0.25, -0.2) is 0 Å². The van der Waals surface area contributed by atoms with E-state index in [0.717, 1.165) is 47.0 Å². The number of benzene rings is 2. The van der Waals surface area contributed by atoms with Crippen molar-refractivity contribution in [2.45, 2.75) is 76.1 Å². The molecule has 3 aromatic rings. The third kappa shape index (κ3) is 6.39. The summed E-state index contributed by atoms with van der Waals surface area (Å²) >= 11 is 8.05. The molecular formula is C38H47ClN4O4S. The Morgan fingerprint density at radius 1 is 1.00 bits per heavy atom. The van der Waals surface area contributed by atoms with Crippen molar-refractivity contribution in [2.24, 2.45) is 22.7 Å². The minimum absolute atomic E-state index is 0.0268. The van der Waals surface area contributed by atoms with Crippen LogP contribution in [0.5, 0.6) is 0 Å². The first kappa shape index (κ1) is 33.5. The molecule has 4 bridgehead atoms. The number of rotatable bonds is 10. The first-order chi connectivity index (χ1) is 22.9. The number of likely N-dealkylation sites (N-methyl/N-ethyl adjacent to an activating group) is 1. The lowest BCUT2D eigenvalue weighted by molar-refractivity contribution is -0.171. The van der Waals surface area contributed by atoms with Gasteiger partial charge in [-0.05, 0) is 104 Å². The van der Waals surface area contributed by atoms with Crippen LogP contribution in [-0.2, 0) is 27.3 Å². The Morgan fingerprint density at radius 3 is 2.44 bits per heavy atom. The number of fused-ring (bicyclic) bond motifs is 1. The lowest BCUT2D eigenvalue weighted by Gasteiger charge is -2.62. The van der Waals surface area contributed by atoms with E-state index in [1.54, 1.807) is 34.3 Å². The van der Waals surface area contributed by atoms with Crippen LogP contribution in [0.25, 0.3) is 10.1 Å². The summed E-state index contributed by atoms with van der Waals surface area (Å²) in [5, 5.41) is 17.7. The van der Waals surface area contributed by atoms with Crippen molar-refractivity contribution in [1.82, 2.24) is 20.0 Å². The quantitative estimate of drug-likeness (QED) is 0.299. The van der Waals surface area contributed by atoms with Crippen molar-refractivity contribution < 1.29 is 19.5 Å². The predicted molar refractivity (Wildman–Crippen MR) is 190 cm³/mol. The number of aliphatic hydroxyl groups is 1. The van der Waals surface area contributed by atoms with Crippen LogP contribution in [0.3, 0.4) is 0 Å². The fourth-order valence-corrected chi connectivity index (χ4v) is 11.4. The molecule has 2 heterocycles. The number of thiophene rings is 1. The van der Waals surface area contributed by atoms with Crippen molar-refractivity contribution in [2.75, 3.05) is 34.2 Å². The highest BCUT2D eigenvalue weighted by Crippen LogP contribution is 2.66. The molecule has 10 heteroatoms. The highest BCUT2D eigenvalue weighted by atomic mass is 35.5. The van der Waals surface area contributed by atoms with Crippen LogP contribution in [0.4, 0.5) is 0 Å². The summed E-state index contributed by atoms with van der Waals surface area (Å²) < 4.78 is 1.12. The Morgan fingerprint density at radius 2 is 1.71 bits per heavy atom. The van der Waals surface area contributed by atoms with Crippen molar-refractivity contribution >= 4 is 50.7 Å². The van der Waals surface area contributed by atoms with E-state index in [0.29, 0.717) is 29.8 Å². The fourth-order valence-electron chi connectivity index (χ4n) is 10.3. The number of amides is 3. The summed E-state index contributed by atoms with van der Waals surface area (Å²) in [6.07, 6.45) is 5.83. The molecule has 48 heavy (non-hydrogen) atoms. The molecule has 4 unspecified atom stereocenters. The molecule has 4 saturated carbocycles. The standard InChI is InChI=1S/C38H47ClN4O4S/c1-41(2)23-37-15-24-12-25(16-37)18-38(17-24,22-37)36(47)43-20-28(44)14-32(43)34(45)40-31(13-27-21-48-33-11-7-5-9-29(27)33)35(46)42(3)19-26-8-4-6-10-30(26)39/h4-11,21,24-25,28,31-32,44H,12-20,22-23H2,1-3H3,(H,40,45)/t24?,25?,28-,31?,32?,37?,38?/m1/s1. The van der Waals surface area contributed by atoms with E-state index in [9.17, 15) is 19.5 Å². The van der Waals surface area contributed by atoms with Gasteiger partial charge in [-0.1, -0.05) is 48.0 Å². The smallest absolute Gasteiger partial charge is 0.245 e. The van der Waals surface area contributed by atoms with Gasteiger partial charge in [0.2, 0.25) is 17.7 Å². The topological polar surface area (TPSA) is 93.2 Å². The summed E-state index contributed by atoms with van der Waals surface area (Å²) in [4.78, 5) is 48.6. The molecule has 4 aliphatic carbocycles. The van der Waals surface area contributed by atoms with Crippen LogP contribution in [-0.4, -0.2) is 89.9 Å². The number of nitrogens with zero attached hydrogens (tertiary/aromatic N) is 3. The maximum atomic E-state index is 14.7. The van der Waals surface area contributed by atoms with Crippen LogP contribution in [0.2, 0.25) is 5.02 Å². The number of carbonyl (C=O) groups is 3. The van der Waals surface area contributed by atoms with E-state index >= 15 is 0 Å². The van der Waals surface area contributed by atoms with Gasteiger partial charge in [0.05, 0.1) is 11.5 Å².